The van der Waals surface area contributed by atoms with E-state index in [4.69, 9.17) is 10.4 Å². The molecule has 1 saturated carbocycles. The van der Waals surface area contributed by atoms with Crippen LogP contribution in [0.1, 0.15) is 31.2 Å². The highest BCUT2D eigenvalue weighted by Crippen LogP contribution is 2.33. The van der Waals surface area contributed by atoms with E-state index in [9.17, 15) is 0 Å². The summed E-state index contributed by atoms with van der Waals surface area (Å²) in [6, 6.07) is 8.15. The first-order valence-electron chi connectivity index (χ1n) is 6.31. The summed E-state index contributed by atoms with van der Waals surface area (Å²) < 4.78 is 0.927. The highest BCUT2D eigenvalue weighted by molar-refractivity contribution is 9.10. The number of nitrogens with one attached hydrogen (secondary N) is 1. The van der Waals surface area contributed by atoms with E-state index in [1.807, 2.05) is 18.2 Å². The number of hydrogen-bond acceptors (Lipinski definition) is 3. The minimum absolute atomic E-state index is 0.261. The Kier molecular flexibility index (Phi) is 4.62. The molecule has 96 valence electrons. The van der Waals surface area contributed by atoms with Gasteiger partial charge >= 0.3 is 0 Å². The second-order valence-corrected chi connectivity index (χ2v) is 5.61. The molecule has 0 spiro atoms. The number of nitriles is 1. The van der Waals surface area contributed by atoms with Crippen LogP contribution in [-0.2, 0) is 0 Å². The fraction of sp³-hybridized carbons (Fsp3) is 0.500. The van der Waals surface area contributed by atoms with Gasteiger partial charge in [-0.25, -0.2) is 0 Å². The Morgan fingerprint density at radius 3 is 2.94 bits per heavy atom. The molecule has 0 aromatic heterocycles. The van der Waals surface area contributed by atoms with Gasteiger partial charge in [0.1, 0.15) is 0 Å². The van der Waals surface area contributed by atoms with E-state index < -0.39 is 0 Å². The quantitative estimate of drug-likeness (QED) is 0.897. The Balaban J connectivity index is 2.07. The predicted octanol–water partition coefficient (Wildman–Crippen LogP) is 3.28. The van der Waals surface area contributed by atoms with Crippen LogP contribution in [0.15, 0.2) is 22.7 Å². The monoisotopic (exact) mass is 308 g/mol. The van der Waals surface area contributed by atoms with Crippen molar-refractivity contribution in [2.24, 2.45) is 5.92 Å². The summed E-state index contributed by atoms with van der Waals surface area (Å²) >= 11 is 3.49. The number of nitrogens with zero attached hydrogens (tertiary/aromatic N) is 1. The van der Waals surface area contributed by atoms with Crippen LogP contribution in [0.5, 0.6) is 0 Å². The lowest BCUT2D eigenvalue weighted by Crippen LogP contribution is -2.24. The van der Waals surface area contributed by atoms with Crippen LogP contribution < -0.4 is 5.32 Å². The van der Waals surface area contributed by atoms with E-state index in [-0.39, 0.29) is 6.61 Å². The van der Waals surface area contributed by atoms with Crippen molar-refractivity contribution in [2.75, 3.05) is 11.9 Å². The van der Waals surface area contributed by atoms with Gasteiger partial charge in [-0.2, -0.15) is 5.26 Å². The zero-order valence-corrected chi connectivity index (χ0v) is 11.8. The molecule has 3 nitrogen and oxygen atoms in total. The smallest absolute Gasteiger partial charge is 0.0992 e. The van der Waals surface area contributed by atoms with Crippen molar-refractivity contribution in [1.82, 2.24) is 0 Å². The summed E-state index contributed by atoms with van der Waals surface area (Å²) in [7, 11) is 0. The number of anilines is 1. The standard InChI is InChI=1S/C14H17BrN2O/c15-12-8-10(9-16)4-5-14(12)17-13-3-1-2-11(13)6-7-18/h4-5,8,11,13,17-18H,1-3,6-7H2. The Morgan fingerprint density at radius 2 is 2.28 bits per heavy atom. The van der Waals surface area contributed by atoms with Crippen LogP contribution in [-0.4, -0.2) is 17.8 Å². The predicted molar refractivity (Wildman–Crippen MR) is 75.3 cm³/mol. The van der Waals surface area contributed by atoms with Gasteiger partial charge in [-0.05, 0) is 59.3 Å². The lowest BCUT2D eigenvalue weighted by Gasteiger charge is -2.22. The number of rotatable bonds is 4. The molecule has 2 atom stereocenters. The van der Waals surface area contributed by atoms with Gasteiger partial charge in [0.2, 0.25) is 0 Å². The third-order valence-corrected chi connectivity index (χ3v) is 4.25. The van der Waals surface area contributed by atoms with Crippen molar-refractivity contribution >= 4 is 21.6 Å². The molecule has 1 fully saturated rings. The van der Waals surface area contributed by atoms with Gasteiger partial charge in [0.25, 0.3) is 0 Å². The zero-order chi connectivity index (χ0) is 13.0. The molecule has 0 aliphatic heterocycles. The van der Waals surface area contributed by atoms with Crippen molar-refractivity contribution in [3.05, 3.63) is 28.2 Å². The fourth-order valence-electron chi connectivity index (χ4n) is 2.64. The molecule has 1 aromatic rings. The third kappa shape index (κ3) is 3.04. The molecule has 1 aliphatic rings. The van der Waals surface area contributed by atoms with E-state index in [0.717, 1.165) is 23.0 Å². The SMILES string of the molecule is N#Cc1ccc(NC2CCCC2CCO)c(Br)c1. The van der Waals surface area contributed by atoms with E-state index in [1.165, 1.54) is 12.8 Å². The molecule has 0 amide bonds. The molecule has 0 heterocycles. The molecular weight excluding hydrogens is 292 g/mol. The van der Waals surface area contributed by atoms with Crippen LogP contribution in [0.25, 0.3) is 0 Å². The van der Waals surface area contributed by atoms with Crippen LogP contribution >= 0.6 is 15.9 Å². The van der Waals surface area contributed by atoms with Crippen LogP contribution in [0.2, 0.25) is 0 Å². The molecule has 1 aliphatic carbocycles. The maximum atomic E-state index is 9.06. The molecule has 1 aromatic carbocycles. The van der Waals surface area contributed by atoms with Gasteiger partial charge in [0.15, 0.2) is 0 Å². The molecule has 0 saturated heterocycles. The summed E-state index contributed by atoms with van der Waals surface area (Å²) in [6.45, 7) is 0.261. The summed E-state index contributed by atoms with van der Waals surface area (Å²) in [6.07, 6.45) is 4.42. The van der Waals surface area contributed by atoms with E-state index in [2.05, 4.69) is 27.3 Å². The second kappa shape index (κ2) is 6.21. The van der Waals surface area contributed by atoms with E-state index in [0.29, 0.717) is 17.5 Å². The average molecular weight is 309 g/mol. The van der Waals surface area contributed by atoms with Crippen molar-refractivity contribution in [1.29, 1.82) is 5.26 Å². The maximum Gasteiger partial charge on any atom is 0.0992 e. The van der Waals surface area contributed by atoms with Crippen molar-refractivity contribution in [3.8, 4) is 6.07 Å². The molecule has 18 heavy (non-hydrogen) atoms. The van der Waals surface area contributed by atoms with Crippen molar-refractivity contribution in [3.63, 3.8) is 0 Å². The first kappa shape index (κ1) is 13.4. The van der Waals surface area contributed by atoms with E-state index >= 15 is 0 Å². The first-order valence-corrected chi connectivity index (χ1v) is 7.11. The van der Waals surface area contributed by atoms with Crippen molar-refractivity contribution < 1.29 is 5.11 Å². The number of hydrogen-bond donors (Lipinski definition) is 2. The van der Waals surface area contributed by atoms with Gasteiger partial charge < -0.3 is 10.4 Å². The van der Waals surface area contributed by atoms with Gasteiger partial charge in [-0.1, -0.05) is 6.42 Å². The Labute approximate surface area is 116 Å². The number of aliphatic hydroxyl groups excluding tert-OH is 1. The Morgan fingerprint density at radius 1 is 1.44 bits per heavy atom. The minimum atomic E-state index is 0.261. The second-order valence-electron chi connectivity index (χ2n) is 4.76. The number of aliphatic hydroxyl groups is 1. The van der Waals surface area contributed by atoms with E-state index in [1.54, 1.807) is 0 Å². The highest BCUT2D eigenvalue weighted by Gasteiger charge is 2.26. The fourth-order valence-corrected chi connectivity index (χ4v) is 3.13. The Bertz CT molecular complexity index is 456. The maximum absolute atomic E-state index is 9.06. The van der Waals surface area contributed by atoms with Gasteiger partial charge in [0, 0.05) is 22.8 Å². The summed E-state index contributed by atoms with van der Waals surface area (Å²) in [4.78, 5) is 0. The van der Waals surface area contributed by atoms with Crippen LogP contribution in [0.3, 0.4) is 0 Å². The molecule has 4 heteroatoms. The van der Waals surface area contributed by atoms with Crippen LogP contribution in [0.4, 0.5) is 5.69 Å². The third-order valence-electron chi connectivity index (χ3n) is 3.60. The largest absolute Gasteiger partial charge is 0.396 e. The Hall–Kier alpha value is -1.05. The van der Waals surface area contributed by atoms with Gasteiger partial charge in [0.05, 0.1) is 11.6 Å². The molecule has 2 unspecified atom stereocenters. The number of halogens is 1. The normalized spacial score (nSPS) is 22.7. The molecule has 0 radical (unpaired) electrons. The minimum Gasteiger partial charge on any atom is -0.396 e. The zero-order valence-electron chi connectivity index (χ0n) is 10.2. The van der Waals surface area contributed by atoms with Crippen LogP contribution in [0, 0.1) is 17.2 Å². The molecular formula is C14H17BrN2O. The molecule has 2 N–H and O–H groups in total. The van der Waals surface area contributed by atoms with Gasteiger partial charge in [-0.15, -0.1) is 0 Å². The first-order chi connectivity index (χ1) is 8.74. The molecule has 2 rings (SSSR count). The lowest BCUT2D eigenvalue weighted by atomic mass is 10.00. The summed E-state index contributed by atoms with van der Waals surface area (Å²) in [5, 5.41) is 21.4. The van der Waals surface area contributed by atoms with Gasteiger partial charge in [-0.3, -0.25) is 0 Å². The molecule has 0 bridgehead atoms. The summed E-state index contributed by atoms with van der Waals surface area (Å²) in [5.41, 5.74) is 1.69. The number of benzene rings is 1. The lowest BCUT2D eigenvalue weighted by molar-refractivity contribution is 0.254. The van der Waals surface area contributed by atoms with Crippen molar-refractivity contribution in [2.45, 2.75) is 31.7 Å². The topological polar surface area (TPSA) is 56.0 Å². The average Bonchev–Trinajstić information content (AvgIpc) is 2.80. The highest BCUT2D eigenvalue weighted by atomic mass is 79.9. The summed E-state index contributed by atoms with van der Waals surface area (Å²) in [5.74, 6) is 0.553.